The van der Waals surface area contributed by atoms with E-state index in [-0.39, 0.29) is 5.91 Å². The molecular weight excluding hydrogens is 206 g/mol. The molecule has 0 aliphatic carbocycles. The molecule has 0 saturated heterocycles. The first-order chi connectivity index (χ1) is 7.61. The van der Waals surface area contributed by atoms with Crippen LogP contribution in [0.3, 0.4) is 0 Å². The Balaban J connectivity index is 2.58. The Bertz CT molecular complexity index is 424. The minimum atomic E-state index is -0.556. The molecule has 1 aromatic rings. The number of rotatable bonds is 3. The van der Waals surface area contributed by atoms with Crippen LogP contribution in [0.15, 0.2) is 36.4 Å². The first kappa shape index (κ1) is 12.0. The molecule has 1 rings (SSSR count). The van der Waals surface area contributed by atoms with Crippen molar-refractivity contribution >= 4 is 17.6 Å². The third-order valence-electron chi connectivity index (χ3n) is 1.86. The summed E-state index contributed by atoms with van der Waals surface area (Å²) in [6.07, 6.45) is 2.21. The summed E-state index contributed by atoms with van der Waals surface area (Å²) in [4.78, 5) is 22.1. The van der Waals surface area contributed by atoms with E-state index in [0.29, 0.717) is 5.69 Å². The van der Waals surface area contributed by atoms with Crippen LogP contribution in [0.25, 0.3) is 0 Å². The van der Waals surface area contributed by atoms with Crippen molar-refractivity contribution in [2.75, 3.05) is 12.4 Å². The van der Waals surface area contributed by atoms with E-state index in [2.05, 4.69) is 10.1 Å². The third kappa shape index (κ3) is 3.96. The first-order valence-electron chi connectivity index (χ1n) is 4.75. The second-order valence-electron chi connectivity index (χ2n) is 3.22. The zero-order valence-corrected chi connectivity index (χ0v) is 9.19. The molecule has 0 spiro atoms. The van der Waals surface area contributed by atoms with Gasteiger partial charge in [0.1, 0.15) is 0 Å². The van der Waals surface area contributed by atoms with Gasteiger partial charge >= 0.3 is 5.97 Å². The Morgan fingerprint density at radius 1 is 1.31 bits per heavy atom. The number of methoxy groups -OCH3 is 1. The van der Waals surface area contributed by atoms with Crippen LogP contribution in [-0.2, 0) is 14.3 Å². The van der Waals surface area contributed by atoms with Crippen molar-refractivity contribution in [3.63, 3.8) is 0 Å². The molecule has 0 aliphatic rings. The first-order valence-corrected chi connectivity index (χ1v) is 4.75. The summed E-state index contributed by atoms with van der Waals surface area (Å²) >= 11 is 0. The summed E-state index contributed by atoms with van der Waals surface area (Å²) in [5.74, 6) is -0.921. The molecular formula is C12H13NO3. The second-order valence-corrected chi connectivity index (χ2v) is 3.22. The average Bonchev–Trinajstić information content (AvgIpc) is 2.26. The molecule has 4 heteroatoms. The highest BCUT2D eigenvalue weighted by molar-refractivity contribution is 6.02. The molecule has 1 N–H and O–H groups in total. The number of aryl methyl sites for hydroxylation is 1. The molecule has 4 nitrogen and oxygen atoms in total. The molecule has 0 heterocycles. The van der Waals surface area contributed by atoms with Gasteiger partial charge in [-0.05, 0) is 24.6 Å². The monoisotopic (exact) mass is 219 g/mol. The Morgan fingerprint density at radius 3 is 2.69 bits per heavy atom. The van der Waals surface area contributed by atoms with Crippen LogP contribution >= 0.6 is 0 Å². The summed E-state index contributed by atoms with van der Waals surface area (Å²) in [6.45, 7) is 1.93. The number of amides is 1. The van der Waals surface area contributed by atoms with Gasteiger partial charge in [-0.2, -0.15) is 0 Å². The van der Waals surface area contributed by atoms with Crippen molar-refractivity contribution in [2.45, 2.75) is 6.92 Å². The van der Waals surface area contributed by atoms with E-state index in [1.807, 2.05) is 25.1 Å². The lowest BCUT2D eigenvalue weighted by Crippen LogP contribution is -2.09. The van der Waals surface area contributed by atoms with Gasteiger partial charge in [0.15, 0.2) is 0 Å². The van der Waals surface area contributed by atoms with Crippen molar-refractivity contribution in [3.8, 4) is 0 Å². The molecule has 0 aromatic heterocycles. The minimum absolute atomic E-state index is 0.365. The van der Waals surface area contributed by atoms with Crippen molar-refractivity contribution in [2.24, 2.45) is 0 Å². The standard InChI is InChI=1S/C12H13NO3/c1-9-4-3-5-10(8-9)13-11(14)6-7-12(15)16-2/h3-8H,1-2H3,(H,13,14)/b7-6+. The number of ether oxygens (including phenoxy) is 1. The minimum Gasteiger partial charge on any atom is -0.466 e. The van der Waals surface area contributed by atoms with Crippen LogP contribution in [0.5, 0.6) is 0 Å². The van der Waals surface area contributed by atoms with Crippen molar-refractivity contribution in [3.05, 3.63) is 42.0 Å². The second kappa shape index (κ2) is 5.70. The van der Waals surface area contributed by atoms with Gasteiger partial charge in [-0.3, -0.25) is 4.79 Å². The summed E-state index contributed by atoms with van der Waals surface area (Å²) in [6, 6.07) is 7.38. The van der Waals surface area contributed by atoms with Gasteiger partial charge in [0.05, 0.1) is 7.11 Å². The van der Waals surface area contributed by atoms with Gasteiger partial charge < -0.3 is 10.1 Å². The molecule has 0 atom stereocenters. The van der Waals surface area contributed by atoms with Gasteiger partial charge in [0.25, 0.3) is 0 Å². The van der Waals surface area contributed by atoms with E-state index in [4.69, 9.17) is 0 Å². The van der Waals surface area contributed by atoms with Crippen LogP contribution in [0, 0.1) is 6.92 Å². The van der Waals surface area contributed by atoms with Gasteiger partial charge in [0.2, 0.25) is 5.91 Å². The fraction of sp³-hybridized carbons (Fsp3) is 0.167. The molecule has 0 fully saturated rings. The zero-order valence-electron chi connectivity index (χ0n) is 9.19. The molecule has 0 saturated carbocycles. The predicted octanol–water partition coefficient (Wildman–Crippen LogP) is 1.66. The van der Waals surface area contributed by atoms with E-state index in [1.165, 1.54) is 7.11 Å². The molecule has 84 valence electrons. The number of carbonyl (C=O) groups is 2. The highest BCUT2D eigenvalue weighted by atomic mass is 16.5. The Morgan fingerprint density at radius 2 is 2.06 bits per heavy atom. The quantitative estimate of drug-likeness (QED) is 0.621. The molecule has 1 aromatic carbocycles. The smallest absolute Gasteiger partial charge is 0.330 e. The summed E-state index contributed by atoms with van der Waals surface area (Å²) in [7, 11) is 1.26. The molecule has 16 heavy (non-hydrogen) atoms. The van der Waals surface area contributed by atoms with Crippen molar-refractivity contribution in [1.82, 2.24) is 0 Å². The average molecular weight is 219 g/mol. The number of hydrogen-bond acceptors (Lipinski definition) is 3. The van der Waals surface area contributed by atoms with Gasteiger partial charge in [-0.1, -0.05) is 12.1 Å². The Labute approximate surface area is 93.9 Å². The highest BCUT2D eigenvalue weighted by Crippen LogP contribution is 2.09. The number of hydrogen-bond donors (Lipinski definition) is 1. The van der Waals surface area contributed by atoms with Crippen LogP contribution in [-0.4, -0.2) is 19.0 Å². The Kier molecular flexibility index (Phi) is 4.27. The van der Waals surface area contributed by atoms with Gasteiger partial charge in [-0.25, -0.2) is 4.79 Å². The highest BCUT2D eigenvalue weighted by Gasteiger charge is 1.99. The molecule has 0 radical (unpaired) electrons. The third-order valence-corrected chi connectivity index (χ3v) is 1.86. The van der Waals surface area contributed by atoms with Crippen molar-refractivity contribution < 1.29 is 14.3 Å². The van der Waals surface area contributed by atoms with Crippen LogP contribution in [0.4, 0.5) is 5.69 Å². The van der Waals surface area contributed by atoms with Gasteiger partial charge in [-0.15, -0.1) is 0 Å². The van der Waals surface area contributed by atoms with Crippen LogP contribution in [0.1, 0.15) is 5.56 Å². The SMILES string of the molecule is COC(=O)/C=C/C(=O)Nc1cccc(C)c1. The van der Waals surface area contributed by atoms with E-state index >= 15 is 0 Å². The number of benzene rings is 1. The van der Waals surface area contributed by atoms with E-state index in [1.54, 1.807) is 6.07 Å². The maximum Gasteiger partial charge on any atom is 0.330 e. The summed E-state index contributed by atoms with van der Waals surface area (Å²) < 4.78 is 4.36. The van der Waals surface area contributed by atoms with E-state index < -0.39 is 5.97 Å². The number of nitrogens with one attached hydrogen (secondary N) is 1. The maximum atomic E-state index is 11.3. The molecule has 0 unspecified atom stereocenters. The summed E-state index contributed by atoms with van der Waals surface area (Å²) in [5, 5.41) is 2.63. The normalized spacial score (nSPS) is 10.1. The van der Waals surface area contributed by atoms with Crippen molar-refractivity contribution in [1.29, 1.82) is 0 Å². The largest absolute Gasteiger partial charge is 0.466 e. The molecule has 0 aliphatic heterocycles. The number of carbonyl (C=O) groups excluding carboxylic acids is 2. The molecule has 0 bridgehead atoms. The zero-order chi connectivity index (χ0) is 12.0. The van der Waals surface area contributed by atoms with Crippen LogP contribution < -0.4 is 5.32 Å². The van der Waals surface area contributed by atoms with E-state index in [0.717, 1.165) is 17.7 Å². The predicted molar refractivity (Wildman–Crippen MR) is 61.0 cm³/mol. The maximum absolute atomic E-state index is 11.3. The van der Waals surface area contributed by atoms with E-state index in [9.17, 15) is 9.59 Å². The number of esters is 1. The van der Waals surface area contributed by atoms with Crippen LogP contribution in [0.2, 0.25) is 0 Å². The summed E-state index contributed by atoms with van der Waals surface area (Å²) in [5.41, 5.74) is 1.74. The lowest BCUT2D eigenvalue weighted by atomic mass is 10.2. The number of anilines is 1. The topological polar surface area (TPSA) is 55.4 Å². The lowest BCUT2D eigenvalue weighted by Gasteiger charge is -2.02. The lowest BCUT2D eigenvalue weighted by molar-refractivity contribution is -0.135. The molecule has 1 amide bonds. The fourth-order valence-electron chi connectivity index (χ4n) is 1.12. The fourth-order valence-corrected chi connectivity index (χ4v) is 1.12. The Hall–Kier alpha value is -2.10. The van der Waals surface area contributed by atoms with Gasteiger partial charge in [0, 0.05) is 17.8 Å².